The van der Waals surface area contributed by atoms with Crippen molar-refractivity contribution in [3.63, 3.8) is 0 Å². The molecule has 0 aromatic heterocycles. The van der Waals surface area contributed by atoms with Crippen molar-refractivity contribution < 1.29 is 0 Å². The fourth-order valence-electron chi connectivity index (χ4n) is 3.17. The van der Waals surface area contributed by atoms with Crippen molar-refractivity contribution in [2.24, 2.45) is 0 Å². The molecule has 6 heteroatoms. The third kappa shape index (κ3) is 4.32. The Labute approximate surface area is 158 Å². The molecular weight excluding hydrogens is 355 g/mol. The Balaban J connectivity index is 1.89. The molecule has 1 atom stereocenters. The van der Waals surface area contributed by atoms with Gasteiger partial charge in [-0.15, -0.1) is 11.6 Å². The van der Waals surface area contributed by atoms with Crippen LogP contribution < -0.4 is 5.32 Å². The topological polar surface area (TPSA) is 63.0 Å². The zero-order valence-corrected chi connectivity index (χ0v) is 15.5. The van der Waals surface area contributed by atoms with Gasteiger partial charge in [-0.2, -0.15) is 0 Å². The van der Waals surface area contributed by atoms with Crippen molar-refractivity contribution in [2.75, 3.05) is 26.2 Å². The molecule has 0 amide bonds. The van der Waals surface area contributed by atoms with Gasteiger partial charge < -0.3 is 15.6 Å². The molecule has 2 aliphatic rings. The first-order valence-corrected chi connectivity index (χ1v) is 9.28. The number of piperazine rings is 1. The zero-order chi connectivity index (χ0) is 17.8. The molecule has 0 spiro atoms. The summed E-state index contributed by atoms with van der Waals surface area (Å²) in [4.78, 5) is 2.05. The van der Waals surface area contributed by atoms with E-state index in [4.69, 9.17) is 34.0 Å². The molecule has 132 valence electrons. The fraction of sp³-hybridized carbons (Fsp3) is 0.368. The van der Waals surface area contributed by atoms with Gasteiger partial charge in [0.1, 0.15) is 5.84 Å². The molecule has 1 heterocycles. The van der Waals surface area contributed by atoms with Crippen molar-refractivity contribution >= 4 is 34.7 Å². The number of nitrogens with one attached hydrogen (secondary N) is 3. The predicted octanol–water partition coefficient (Wildman–Crippen LogP) is 3.56. The average molecular weight is 377 g/mol. The van der Waals surface area contributed by atoms with Crippen LogP contribution in [0.3, 0.4) is 0 Å². The second-order valence-corrected chi connectivity index (χ2v) is 7.28. The molecule has 25 heavy (non-hydrogen) atoms. The van der Waals surface area contributed by atoms with E-state index in [-0.39, 0.29) is 5.38 Å². The number of amidine groups is 1. The smallest absolute Gasteiger partial charge is 0.124 e. The largest absolute Gasteiger partial charge is 0.354 e. The number of benzene rings is 1. The van der Waals surface area contributed by atoms with E-state index < -0.39 is 0 Å². The molecule has 0 radical (unpaired) electrons. The highest BCUT2D eigenvalue weighted by atomic mass is 35.5. The first kappa shape index (κ1) is 18.2. The molecule has 1 unspecified atom stereocenters. The average Bonchev–Trinajstić information content (AvgIpc) is 2.64. The second-order valence-electron chi connectivity index (χ2n) is 6.32. The van der Waals surface area contributed by atoms with Gasteiger partial charge in [-0.3, -0.25) is 5.41 Å². The quantitative estimate of drug-likeness (QED) is 0.427. The Morgan fingerprint density at radius 2 is 1.84 bits per heavy atom. The van der Waals surface area contributed by atoms with Crippen LogP contribution in [0.1, 0.15) is 12.0 Å². The van der Waals surface area contributed by atoms with Gasteiger partial charge in [-0.25, -0.2) is 0 Å². The van der Waals surface area contributed by atoms with Crippen LogP contribution in [-0.2, 0) is 6.42 Å². The molecule has 3 rings (SSSR count). The van der Waals surface area contributed by atoms with Crippen LogP contribution in [0.5, 0.6) is 0 Å². The van der Waals surface area contributed by atoms with E-state index in [1.807, 2.05) is 30.3 Å². The molecule has 4 nitrogen and oxygen atoms in total. The van der Waals surface area contributed by atoms with E-state index in [0.717, 1.165) is 42.9 Å². The monoisotopic (exact) mass is 376 g/mol. The van der Waals surface area contributed by atoms with Crippen LogP contribution >= 0.6 is 23.2 Å². The van der Waals surface area contributed by atoms with Crippen LogP contribution in [0.4, 0.5) is 0 Å². The molecule has 1 saturated heterocycles. The number of nitrogens with zero attached hydrogens (tertiary/aromatic N) is 1. The predicted molar refractivity (Wildman–Crippen MR) is 105 cm³/mol. The highest BCUT2D eigenvalue weighted by molar-refractivity contribution is 6.38. The van der Waals surface area contributed by atoms with Gasteiger partial charge in [-0.05, 0) is 18.1 Å². The van der Waals surface area contributed by atoms with E-state index >= 15 is 0 Å². The number of allylic oxidation sites excluding steroid dienone is 3. The Morgan fingerprint density at radius 1 is 1.16 bits per heavy atom. The molecule has 3 N–H and O–H groups in total. The molecule has 1 aliphatic carbocycles. The SMILES string of the molecule is N=C(Cc1ccccc1)C1=C(C(=N)N2CCNCC2)CC(Cl)C(Cl)=C1. The van der Waals surface area contributed by atoms with Crippen LogP contribution in [0.2, 0.25) is 0 Å². The Bertz CT molecular complexity index is 718. The second kappa shape index (κ2) is 8.17. The standard InChI is InChI=1S/C19H22Cl2N4/c20-16-11-14(18(22)10-13-4-2-1-3-5-13)15(12-17(16)21)19(23)25-8-6-24-7-9-25/h1-5,11,17,22-24H,6-10,12H2. The highest BCUT2D eigenvalue weighted by Crippen LogP contribution is 2.32. The molecular formula is C19H22Cl2N4. The molecule has 1 aliphatic heterocycles. The minimum atomic E-state index is -0.326. The van der Waals surface area contributed by atoms with Gasteiger partial charge in [0.2, 0.25) is 0 Å². The molecule has 1 fully saturated rings. The number of alkyl halides is 1. The Morgan fingerprint density at radius 3 is 2.52 bits per heavy atom. The molecule has 1 aromatic carbocycles. The van der Waals surface area contributed by atoms with Gasteiger partial charge in [-0.1, -0.05) is 41.9 Å². The van der Waals surface area contributed by atoms with Crippen LogP contribution in [0, 0.1) is 10.8 Å². The van der Waals surface area contributed by atoms with E-state index in [1.54, 1.807) is 6.08 Å². The summed E-state index contributed by atoms with van der Waals surface area (Å²) in [6.45, 7) is 3.33. The number of hydrogen-bond donors (Lipinski definition) is 3. The number of rotatable bonds is 4. The van der Waals surface area contributed by atoms with Crippen LogP contribution in [-0.4, -0.2) is 48.0 Å². The minimum Gasteiger partial charge on any atom is -0.354 e. The third-order valence-electron chi connectivity index (χ3n) is 4.56. The van der Waals surface area contributed by atoms with Gasteiger partial charge >= 0.3 is 0 Å². The normalized spacial score (nSPS) is 21.1. The maximum atomic E-state index is 8.65. The summed E-state index contributed by atoms with van der Waals surface area (Å²) in [5.41, 5.74) is 3.12. The summed E-state index contributed by atoms with van der Waals surface area (Å²) in [5.74, 6) is 0.473. The third-order valence-corrected chi connectivity index (χ3v) is 5.43. The minimum absolute atomic E-state index is 0.326. The lowest BCUT2D eigenvalue weighted by Crippen LogP contribution is -2.47. The maximum absolute atomic E-state index is 8.65. The lowest BCUT2D eigenvalue weighted by molar-refractivity contribution is 0.355. The van der Waals surface area contributed by atoms with Gasteiger partial charge in [0, 0.05) is 54.5 Å². The van der Waals surface area contributed by atoms with E-state index in [0.29, 0.717) is 29.4 Å². The lowest BCUT2D eigenvalue weighted by atomic mass is 9.90. The van der Waals surface area contributed by atoms with Crippen molar-refractivity contribution in [1.29, 1.82) is 10.8 Å². The Kier molecular flexibility index (Phi) is 5.94. The highest BCUT2D eigenvalue weighted by Gasteiger charge is 2.28. The first-order valence-electron chi connectivity index (χ1n) is 8.47. The summed E-state index contributed by atoms with van der Waals surface area (Å²) in [6, 6.07) is 9.93. The number of halogens is 2. The zero-order valence-electron chi connectivity index (χ0n) is 14.0. The summed E-state index contributed by atoms with van der Waals surface area (Å²) < 4.78 is 0. The van der Waals surface area contributed by atoms with E-state index in [9.17, 15) is 0 Å². The maximum Gasteiger partial charge on any atom is 0.124 e. The summed E-state index contributed by atoms with van der Waals surface area (Å²) in [5, 5.41) is 20.8. The summed E-state index contributed by atoms with van der Waals surface area (Å²) in [6.07, 6.45) is 2.79. The molecule has 0 saturated carbocycles. The molecule has 1 aromatic rings. The van der Waals surface area contributed by atoms with E-state index in [2.05, 4.69) is 10.2 Å². The van der Waals surface area contributed by atoms with Crippen molar-refractivity contribution in [2.45, 2.75) is 18.2 Å². The van der Waals surface area contributed by atoms with Crippen LogP contribution in [0.25, 0.3) is 0 Å². The van der Waals surface area contributed by atoms with Crippen molar-refractivity contribution in [3.05, 3.63) is 58.1 Å². The van der Waals surface area contributed by atoms with Gasteiger partial charge in [0.05, 0.1) is 5.38 Å². The van der Waals surface area contributed by atoms with Gasteiger partial charge in [0.25, 0.3) is 0 Å². The van der Waals surface area contributed by atoms with Crippen LogP contribution in [0.15, 0.2) is 52.6 Å². The van der Waals surface area contributed by atoms with E-state index in [1.165, 1.54) is 0 Å². The summed E-state index contributed by atoms with van der Waals surface area (Å²) >= 11 is 12.6. The van der Waals surface area contributed by atoms with Gasteiger partial charge in [0.15, 0.2) is 0 Å². The lowest BCUT2D eigenvalue weighted by Gasteiger charge is -2.33. The van der Waals surface area contributed by atoms with Crippen molar-refractivity contribution in [1.82, 2.24) is 10.2 Å². The fourth-order valence-corrected chi connectivity index (χ4v) is 3.57. The van der Waals surface area contributed by atoms with Crippen molar-refractivity contribution in [3.8, 4) is 0 Å². The molecule has 0 bridgehead atoms. The summed E-state index contributed by atoms with van der Waals surface area (Å²) in [7, 11) is 0. The number of hydrogen-bond acceptors (Lipinski definition) is 3. The first-order chi connectivity index (χ1) is 12.1. The Hall–Kier alpha value is -1.62.